The maximum Gasteiger partial charge on any atom is 0.124 e. The van der Waals surface area contributed by atoms with E-state index in [1.165, 1.54) is 58.4 Å². The Morgan fingerprint density at radius 3 is 1.38 bits per heavy atom. The van der Waals surface area contributed by atoms with Gasteiger partial charge in [-0.3, -0.25) is 0 Å². The molecule has 4 rings (SSSR count). The van der Waals surface area contributed by atoms with E-state index in [2.05, 4.69) is 111 Å². The van der Waals surface area contributed by atoms with Crippen LogP contribution in [0.25, 0.3) is 21.5 Å². The van der Waals surface area contributed by atoms with Gasteiger partial charge in [0.1, 0.15) is 11.5 Å². The van der Waals surface area contributed by atoms with Crippen LogP contribution >= 0.6 is 0 Å². The average Bonchev–Trinajstić information content (AvgIpc) is 2.96. The van der Waals surface area contributed by atoms with E-state index in [0.717, 1.165) is 50.9 Å². The van der Waals surface area contributed by atoms with Gasteiger partial charge in [0, 0.05) is 24.2 Å². The lowest BCUT2D eigenvalue weighted by Crippen LogP contribution is -2.17. The number of hydrogen-bond acceptors (Lipinski definition) is 4. The third-order valence-electron chi connectivity index (χ3n) is 7.20. The first-order chi connectivity index (χ1) is 19.5. The predicted molar refractivity (Wildman–Crippen MR) is 170 cm³/mol. The summed E-state index contributed by atoms with van der Waals surface area (Å²) >= 11 is 0. The zero-order chi connectivity index (χ0) is 28.2. The Bertz CT molecular complexity index is 1230. The summed E-state index contributed by atoms with van der Waals surface area (Å²) in [6.07, 6.45) is 4.84. The first kappa shape index (κ1) is 29.9. The number of rotatable bonds is 17. The molecule has 4 aromatic carbocycles. The van der Waals surface area contributed by atoms with Gasteiger partial charge in [-0.25, -0.2) is 0 Å². The van der Waals surface area contributed by atoms with Crippen molar-refractivity contribution in [3.8, 4) is 11.5 Å². The van der Waals surface area contributed by atoms with Crippen molar-refractivity contribution in [2.24, 2.45) is 11.8 Å². The van der Waals surface area contributed by atoms with Crippen molar-refractivity contribution in [2.75, 3.05) is 26.3 Å². The summed E-state index contributed by atoms with van der Waals surface area (Å²) in [4.78, 5) is 0. The molecule has 4 heteroatoms. The zero-order valence-corrected chi connectivity index (χ0v) is 25.0. The largest absolute Gasteiger partial charge is 0.493 e. The highest BCUT2D eigenvalue weighted by molar-refractivity contribution is 5.88. The van der Waals surface area contributed by atoms with Crippen LogP contribution in [0.2, 0.25) is 0 Å². The van der Waals surface area contributed by atoms with Crippen LogP contribution in [0.5, 0.6) is 11.5 Å². The topological polar surface area (TPSA) is 42.5 Å². The molecule has 0 atom stereocenters. The number of hydrogen-bond donors (Lipinski definition) is 2. The van der Waals surface area contributed by atoms with E-state index >= 15 is 0 Å². The summed E-state index contributed by atoms with van der Waals surface area (Å²) in [7, 11) is 0. The highest BCUT2D eigenvalue weighted by Gasteiger charge is 2.11. The summed E-state index contributed by atoms with van der Waals surface area (Å²) < 4.78 is 12.3. The van der Waals surface area contributed by atoms with Crippen LogP contribution < -0.4 is 20.1 Å². The van der Waals surface area contributed by atoms with E-state index < -0.39 is 0 Å². The molecule has 0 aliphatic heterocycles. The smallest absolute Gasteiger partial charge is 0.124 e. The summed E-state index contributed by atoms with van der Waals surface area (Å²) in [6, 6.07) is 25.8. The molecule has 2 N–H and O–H groups in total. The fraction of sp³-hybridized carbons (Fsp3) is 0.444. The van der Waals surface area contributed by atoms with E-state index in [9.17, 15) is 0 Å². The summed E-state index contributed by atoms with van der Waals surface area (Å²) in [5.41, 5.74) is 2.54. The second-order valence-corrected chi connectivity index (χ2v) is 11.7. The molecular formula is C36H48N2O2. The molecule has 0 heterocycles. The Hall–Kier alpha value is -3.08. The standard InChI is InChI=1S/C36H48N2O2/c1-27(2)25-39-35-19-17-29-13-7-9-15-31(29)33(35)23-37-21-11-5-6-12-22-38-24-34-32-16-10-8-14-30(32)18-20-36(34)40-26-28(3)4/h7-10,13-20,27-28,37-38H,5-6,11-12,21-26H2,1-4H3. The van der Waals surface area contributed by atoms with Crippen LogP contribution in [0, 0.1) is 11.8 Å². The number of ether oxygens (including phenoxy) is 2. The first-order valence-electron chi connectivity index (χ1n) is 15.2. The molecule has 0 unspecified atom stereocenters. The van der Waals surface area contributed by atoms with Crippen LogP contribution in [-0.4, -0.2) is 26.3 Å². The molecule has 0 bridgehead atoms. The molecule has 0 spiro atoms. The predicted octanol–water partition coefficient (Wildman–Crippen LogP) is 8.50. The monoisotopic (exact) mass is 540 g/mol. The molecule has 0 saturated heterocycles. The first-order valence-corrected chi connectivity index (χ1v) is 15.2. The number of nitrogens with one attached hydrogen (secondary N) is 2. The second kappa shape index (κ2) is 15.6. The third kappa shape index (κ3) is 8.71. The van der Waals surface area contributed by atoms with Crippen LogP contribution in [0.15, 0.2) is 72.8 Å². The quantitative estimate of drug-likeness (QED) is 0.132. The fourth-order valence-electron chi connectivity index (χ4n) is 5.06. The van der Waals surface area contributed by atoms with Crippen molar-refractivity contribution in [1.82, 2.24) is 10.6 Å². The molecule has 214 valence electrons. The Kier molecular flexibility index (Phi) is 11.7. The molecule has 0 radical (unpaired) electrons. The van der Waals surface area contributed by atoms with Crippen LogP contribution in [0.3, 0.4) is 0 Å². The molecule has 0 saturated carbocycles. The third-order valence-corrected chi connectivity index (χ3v) is 7.20. The number of fused-ring (bicyclic) bond motifs is 2. The number of benzene rings is 4. The Labute approximate surface area is 241 Å². The van der Waals surface area contributed by atoms with Gasteiger partial charge in [0.25, 0.3) is 0 Å². The molecule has 0 aromatic heterocycles. The van der Waals surface area contributed by atoms with Crippen molar-refractivity contribution in [2.45, 2.75) is 66.5 Å². The average molecular weight is 541 g/mol. The normalized spacial score (nSPS) is 11.7. The van der Waals surface area contributed by atoms with Crippen molar-refractivity contribution in [1.29, 1.82) is 0 Å². The van der Waals surface area contributed by atoms with Gasteiger partial charge in [-0.1, -0.05) is 101 Å². The fourth-order valence-corrected chi connectivity index (χ4v) is 5.06. The minimum atomic E-state index is 0.508. The van der Waals surface area contributed by atoms with Gasteiger partial charge in [0.2, 0.25) is 0 Å². The van der Waals surface area contributed by atoms with Gasteiger partial charge in [-0.05, 0) is 71.4 Å². The second-order valence-electron chi connectivity index (χ2n) is 11.7. The van der Waals surface area contributed by atoms with Gasteiger partial charge in [-0.15, -0.1) is 0 Å². The summed E-state index contributed by atoms with van der Waals surface area (Å²) in [6.45, 7) is 14.0. The molecule has 4 nitrogen and oxygen atoms in total. The molecular weight excluding hydrogens is 492 g/mol. The van der Waals surface area contributed by atoms with Crippen LogP contribution in [0.4, 0.5) is 0 Å². The molecule has 0 fully saturated rings. The van der Waals surface area contributed by atoms with Crippen LogP contribution in [0.1, 0.15) is 64.5 Å². The lowest BCUT2D eigenvalue weighted by atomic mass is 10.0. The SMILES string of the molecule is CC(C)COc1ccc2ccccc2c1CNCCCCCCNCc1c(OCC(C)C)ccc2ccccc12. The Morgan fingerprint density at radius 2 is 0.950 bits per heavy atom. The Balaban J connectivity index is 1.18. The maximum atomic E-state index is 6.17. The molecule has 0 amide bonds. The van der Waals surface area contributed by atoms with E-state index in [-0.39, 0.29) is 0 Å². The minimum Gasteiger partial charge on any atom is -0.493 e. The highest BCUT2D eigenvalue weighted by Crippen LogP contribution is 2.29. The van der Waals surface area contributed by atoms with Crippen LogP contribution in [-0.2, 0) is 13.1 Å². The summed E-state index contributed by atoms with van der Waals surface area (Å²) in [5, 5.41) is 12.5. The van der Waals surface area contributed by atoms with Gasteiger partial charge in [0.05, 0.1) is 13.2 Å². The lowest BCUT2D eigenvalue weighted by molar-refractivity contribution is 0.268. The van der Waals surface area contributed by atoms with Crippen molar-refractivity contribution >= 4 is 21.5 Å². The van der Waals surface area contributed by atoms with Crippen molar-refractivity contribution < 1.29 is 9.47 Å². The lowest BCUT2D eigenvalue weighted by Gasteiger charge is -2.16. The van der Waals surface area contributed by atoms with E-state index in [1.54, 1.807) is 0 Å². The molecule has 0 aliphatic carbocycles. The minimum absolute atomic E-state index is 0.508. The van der Waals surface area contributed by atoms with Gasteiger partial charge in [0.15, 0.2) is 0 Å². The van der Waals surface area contributed by atoms with E-state index in [4.69, 9.17) is 9.47 Å². The number of unbranched alkanes of at least 4 members (excludes halogenated alkanes) is 3. The molecule has 0 aliphatic rings. The zero-order valence-electron chi connectivity index (χ0n) is 25.0. The van der Waals surface area contributed by atoms with E-state index in [0.29, 0.717) is 11.8 Å². The molecule has 40 heavy (non-hydrogen) atoms. The van der Waals surface area contributed by atoms with Gasteiger partial charge >= 0.3 is 0 Å². The summed E-state index contributed by atoms with van der Waals surface area (Å²) in [5.74, 6) is 3.04. The van der Waals surface area contributed by atoms with Crippen molar-refractivity contribution in [3.63, 3.8) is 0 Å². The van der Waals surface area contributed by atoms with Crippen molar-refractivity contribution in [3.05, 3.63) is 83.9 Å². The Morgan fingerprint density at radius 1 is 0.525 bits per heavy atom. The highest BCUT2D eigenvalue weighted by atomic mass is 16.5. The molecule has 4 aromatic rings. The van der Waals surface area contributed by atoms with Gasteiger partial charge in [-0.2, -0.15) is 0 Å². The van der Waals surface area contributed by atoms with Gasteiger partial charge < -0.3 is 20.1 Å². The maximum absolute atomic E-state index is 6.17. The van der Waals surface area contributed by atoms with E-state index in [1.807, 2.05) is 0 Å².